The maximum Gasteiger partial charge on any atom is 0.233 e. The van der Waals surface area contributed by atoms with E-state index in [0.29, 0.717) is 31.1 Å². The van der Waals surface area contributed by atoms with Crippen LogP contribution in [0.5, 0.6) is 0 Å². The van der Waals surface area contributed by atoms with E-state index in [2.05, 4.69) is 43.0 Å². The fourth-order valence-electron chi connectivity index (χ4n) is 4.41. The van der Waals surface area contributed by atoms with Gasteiger partial charge in [0.25, 0.3) is 0 Å². The van der Waals surface area contributed by atoms with Crippen LogP contribution < -0.4 is 0 Å². The molecule has 2 aliphatic rings. The Balaban J connectivity index is 1.88. The molecule has 0 bridgehead atoms. The molecular formula is C20H30N2O2. The van der Waals surface area contributed by atoms with Crippen LogP contribution in [0.4, 0.5) is 0 Å². The van der Waals surface area contributed by atoms with Gasteiger partial charge in [0.2, 0.25) is 5.91 Å². The third kappa shape index (κ3) is 3.09. The Morgan fingerprint density at radius 2 is 1.88 bits per heavy atom. The summed E-state index contributed by atoms with van der Waals surface area (Å²) in [5, 5.41) is 0. The monoisotopic (exact) mass is 330 g/mol. The summed E-state index contributed by atoms with van der Waals surface area (Å²) in [6.45, 7) is 5.30. The van der Waals surface area contributed by atoms with Crippen molar-refractivity contribution in [1.82, 2.24) is 9.80 Å². The molecule has 2 heterocycles. The normalized spacial score (nSPS) is 26.8. The average molecular weight is 330 g/mol. The van der Waals surface area contributed by atoms with Crippen molar-refractivity contribution in [3.63, 3.8) is 0 Å². The van der Waals surface area contributed by atoms with Crippen molar-refractivity contribution in [1.29, 1.82) is 0 Å². The highest BCUT2D eigenvalue weighted by Crippen LogP contribution is 2.38. The van der Waals surface area contributed by atoms with Gasteiger partial charge in [0.1, 0.15) is 0 Å². The summed E-state index contributed by atoms with van der Waals surface area (Å²) in [5.74, 6) is 0.872. The molecule has 24 heavy (non-hydrogen) atoms. The highest BCUT2D eigenvalue weighted by Gasteiger charge is 2.47. The maximum atomic E-state index is 13.6. The molecule has 2 fully saturated rings. The average Bonchev–Trinajstić information content (AvgIpc) is 3.07. The minimum Gasteiger partial charge on any atom is -0.381 e. The second kappa shape index (κ2) is 7.24. The summed E-state index contributed by atoms with van der Waals surface area (Å²) in [6, 6.07) is 10.8. The van der Waals surface area contributed by atoms with Crippen molar-refractivity contribution in [3.8, 4) is 0 Å². The molecule has 2 saturated heterocycles. The molecule has 0 saturated carbocycles. The van der Waals surface area contributed by atoms with Gasteiger partial charge in [-0.25, -0.2) is 0 Å². The predicted octanol–water partition coefficient (Wildman–Crippen LogP) is 2.53. The molecule has 1 amide bonds. The van der Waals surface area contributed by atoms with E-state index in [4.69, 9.17) is 4.74 Å². The smallest absolute Gasteiger partial charge is 0.233 e. The van der Waals surface area contributed by atoms with Crippen LogP contribution in [0.2, 0.25) is 0 Å². The lowest BCUT2D eigenvalue weighted by Gasteiger charge is -2.39. The Bertz CT molecular complexity index is 552. The van der Waals surface area contributed by atoms with E-state index in [0.717, 1.165) is 37.9 Å². The summed E-state index contributed by atoms with van der Waals surface area (Å²) >= 11 is 0. The largest absolute Gasteiger partial charge is 0.381 e. The molecule has 0 N–H and O–H groups in total. The van der Waals surface area contributed by atoms with Gasteiger partial charge in [-0.15, -0.1) is 0 Å². The quantitative estimate of drug-likeness (QED) is 0.850. The predicted molar refractivity (Wildman–Crippen MR) is 96.0 cm³/mol. The van der Waals surface area contributed by atoms with E-state index < -0.39 is 5.41 Å². The molecule has 0 aromatic heterocycles. The molecule has 1 aromatic rings. The molecule has 3 rings (SSSR count). The van der Waals surface area contributed by atoms with Crippen LogP contribution in [-0.2, 0) is 14.9 Å². The molecule has 2 aliphatic heterocycles. The van der Waals surface area contributed by atoms with Crippen molar-refractivity contribution in [3.05, 3.63) is 35.9 Å². The topological polar surface area (TPSA) is 32.8 Å². The van der Waals surface area contributed by atoms with Crippen molar-refractivity contribution in [2.75, 3.05) is 40.4 Å². The first kappa shape index (κ1) is 17.4. The fourth-order valence-corrected chi connectivity index (χ4v) is 4.41. The standard InChI is InChI=1S/C20H30N2O2/c1-4-16-14-22(15-18(16)21(2)3)19(23)20(10-12-24-13-11-20)17-8-6-5-7-9-17/h5-9,16,18H,4,10-15H2,1-3H3/t16-,18+/m1/s1. The highest BCUT2D eigenvalue weighted by molar-refractivity contribution is 5.88. The van der Waals surface area contributed by atoms with Gasteiger partial charge in [-0.1, -0.05) is 43.7 Å². The summed E-state index contributed by atoms with van der Waals surface area (Å²) in [7, 11) is 4.26. The van der Waals surface area contributed by atoms with E-state index >= 15 is 0 Å². The van der Waals surface area contributed by atoms with Crippen LogP contribution in [0.3, 0.4) is 0 Å². The van der Waals surface area contributed by atoms with Crippen molar-refractivity contribution in [2.45, 2.75) is 37.6 Å². The maximum absolute atomic E-state index is 13.6. The Labute approximate surface area is 145 Å². The lowest BCUT2D eigenvalue weighted by molar-refractivity contribution is -0.140. The molecule has 132 valence electrons. The zero-order valence-electron chi connectivity index (χ0n) is 15.2. The number of likely N-dealkylation sites (tertiary alicyclic amines) is 1. The van der Waals surface area contributed by atoms with Crippen LogP contribution >= 0.6 is 0 Å². The number of carbonyl (C=O) groups excluding carboxylic acids is 1. The number of benzene rings is 1. The Hall–Kier alpha value is -1.39. The molecule has 0 unspecified atom stereocenters. The molecule has 1 aromatic carbocycles. The number of rotatable bonds is 4. The molecule has 2 atom stereocenters. The molecule has 4 nitrogen and oxygen atoms in total. The molecule has 4 heteroatoms. The second-order valence-corrected chi connectivity index (χ2v) is 7.47. The second-order valence-electron chi connectivity index (χ2n) is 7.47. The zero-order chi connectivity index (χ0) is 17.2. The van der Waals surface area contributed by atoms with Gasteiger partial charge < -0.3 is 14.5 Å². The van der Waals surface area contributed by atoms with Crippen molar-refractivity contribution < 1.29 is 9.53 Å². The van der Waals surface area contributed by atoms with Crippen molar-refractivity contribution >= 4 is 5.91 Å². The van der Waals surface area contributed by atoms with Crippen molar-refractivity contribution in [2.24, 2.45) is 5.92 Å². The Kier molecular flexibility index (Phi) is 5.26. The van der Waals surface area contributed by atoms with E-state index in [1.807, 2.05) is 18.2 Å². The Morgan fingerprint density at radius 1 is 1.21 bits per heavy atom. The van der Waals surface area contributed by atoms with Gasteiger partial charge in [0.15, 0.2) is 0 Å². The third-order valence-corrected chi connectivity index (χ3v) is 5.96. The van der Waals surface area contributed by atoms with Gasteiger partial charge in [-0.05, 0) is 38.4 Å². The first-order valence-electron chi connectivity index (χ1n) is 9.17. The van der Waals surface area contributed by atoms with Gasteiger partial charge >= 0.3 is 0 Å². The van der Waals surface area contributed by atoms with E-state index in [9.17, 15) is 4.79 Å². The van der Waals surface area contributed by atoms with Crippen LogP contribution in [-0.4, -0.2) is 62.1 Å². The number of amides is 1. The first-order valence-corrected chi connectivity index (χ1v) is 9.17. The zero-order valence-corrected chi connectivity index (χ0v) is 15.2. The number of nitrogens with zero attached hydrogens (tertiary/aromatic N) is 2. The molecule has 0 aliphatic carbocycles. The Morgan fingerprint density at radius 3 is 2.42 bits per heavy atom. The fraction of sp³-hybridized carbons (Fsp3) is 0.650. The summed E-state index contributed by atoms with van der Waals surface area (Å²) in [5.41, 5.74) is 0.749. The van der Waals surface area contributed by atoms with E-state index in [-0.39, 0.29) is 0 Å². The number of hydrogen-bond acceptors (Lipinski definition) is 3. The van der Waals surface area contributed by atoms with E-state index in [1.54, 1.807) is 0 Å². The highest BCUT2D eigenvalue weighted by atomic mass is 16.5. The minimum atomic E-state index is -0.404. The minimum absolute atomic E-state index is 0.305. The molecule has 0 spiro atoms. The van der Waals surface area contributed by atoms with Gasteiger partial charge in [-0.3, -0.25) is 4.79 Å². The SMILES string of the molecule is CC[C@@H]1CN(C(=O)C2(c3ccccc3)CCOCC2)C[C@@H]1N(C)C. The number of hydrogen-bond donors (Lipinski definition) is 0. The van der Waals surface area contributed by atoms with Crippen LogP contribution in [0, 0.1) is 5.92 Å². The lowest BCUT2D eigenvalue weighted by atomic mass is 9.73. The summed E-state index contributed by atoms with van der Waals surface area (Å²) < 4.78 is 5.58. The number of ether oxygens (including phenoxy) is 1. The van der Waals surface area contributed by atoms with Gasteiger partial charge in [0.05, 0.1) is 5.41 Å². The first-order chi connectivity index (χ1) is 11.6. The van der Waals surface area contributed by atoms with Crippen LogP contribution in [0.25, 0.3) is 0 Å². The van der Waals surface area contributed by atoms with E-state index in [1.165, 1.54) is 0 Å². The van der Waals surface area contributed by atoms with Gasteiger partial charge in [-0.2, -0.15) is 0 Å². The molecular weight excluding hydrogens is 300 g/mol. The van der Waals surface area contributed by atoms with Gasteiger partial charge in [0, 0.05) is 32.3 Å². The lowest BCUT2D eigenvalue weighted by Crippen LogP contribution is -2.49. The molecule has 0 radical (unpaired) electrons. The van der Waals surface area contributed by atoms with Crippen LogP contribution in [0.15, 0.2) is 30.3 Å². The third-order valence-electron chi connectivity index (χ3n) is 5.96. The summed E-state index contributed by atoms with van der Waals surface area (Å²) in [4.78, 5) is 18.0. The number of carbonyl (C=O) groups is 1. The number of likely N-dealkylation sites (N-methyl/N-ethyl adjacent to an activating group) is 1. The summed E-state index contributed by atoms with van der Waals surface area (Å²) in [6.07, 6.45) is 2.69. The van der Waals surface area contributed by atoms with Crippen LogP contribution in [0.1, 0.15) is 31.7 Å².